The summed E-state index contributed by atoms with van der Waals surface area (Å²) in [6, 6.07) is 10.3. The van der Waals surface area contributed by atoms with E-state index in [1.807, 2.05) is 18.2 Å². The van der Waals surface area contributed by atoms with Gasteiger partial charge in [0, 0.05) is 50.7 Å². The van der Waals surface area contributed by atoms with Gasteiger partial charge in [0.2, 0.25) is 5.91 Å². The number of nitrogens with one attached hydrogen (secondary N) is 2. The molecule has 1 unspecified atom stereocenters. The maximum Gasteiger partial charge on any atom is 0.243 e. The lowest BCUT2D eigenvalue weighted by atomic mass is 10.1. The molecular weight excluding hydrogens is 531 g/mol. The molecule has 1 amide bonds. The molecule has 31 heavy (non-hydrogen) atoms. The van der Waals surface area contributed by atoms with Gasteiger partial charge in [-0.3, -0.25) is 4.79 Å². The van der Waals surface area contributed by atoms with Crippen LogP contribution in [0.15, 0.2) is 40.2 Å². The number of hydrogen-bond acceptors (Lipinski definition) is 6. The number of nitrogens with zero attached hydrogens (tertiary/aromatic N) is 2. The largest absolute Gasteiger partial charge is 0.381 e. The average Bonchev–Trinajstić information content (AvgIpc) is 3.15. The second kappa shape index (κ2) is 13.5. The maximum absolute atomic E-state index is 11.9. The van der Waals surface area contributed by atoms with Gasteiger partial charge in [0.1, 0.15) is 12.6 Å². The normalized spacial score (nSPS) is 20.2. The van der Waals surface area contributed by atoms with Crippen LogP contribution >= 0.6 is 35.7 Å². The molecular formula is C21H33IN4O4S. The highest BCUT2D eigenvalue weighted by molar-refractivity contribution is 14.0. The first-order valence-electron chi connectivity index (χ1n) is 10.4. The minimum Gasteiger partial charge on any atom is -0.381 e. The topological polar surface area (TPSA) is 84.4 Å². The van der Waals surface area contributed by atoms with Crippen LogP contribution in [-0.2, 0) is 19.0 Å². The summed E-state index contributed by atoms with van der Waals surface area (Å²) in [6.45, 7) is 3.26. The molecule has 2 fully saturated rings. The molecule has 1 atom stereocenters. The molecule has 174 valence electrons. The molecule has 0 radical (unpaired) electrons. The highest BCUT2D eigenvalue weighted by Crippen LogP contribution is 2.32. The molecule has 1 spiro atoms. The van der Waals surface area contributed by atoms with Gasteiger partial charge < -0.3 is 29.7 Å². The number of carbonyl (C=O) groups is 1. The molecule has 2 heterocycles. The zero-order valence-electron chi connectivity index (χ0n) is 18.2. The first-order chi connectivity index (χ1) is 14.6. The molecule has 3 rings (SSSR count). The Morgan fingerprint density at radius 1 is 1.23 bits per heavy atom. The van der Waals surface area contributed by atoms with Crippen LogP contribution in [0.25, 0.3) is 0 Å². The number of ether oxygens (including phenoxy) is 3. The lowest BCUT2D eigenvalue weighted by Gasteiger charge is -2.31. The van der Waals surface area contributed by atoms with E-state index in [-0.39, 0.29) is 42.5 Å². The van der Waals surface area contributed by atoms with E-state index in [4.69, 9.17) is 14.2 Å². The number of likely N-dealkylation sites (N-methyl/N-ethyl adjacent to an activating group) is 1. The molecule has 0 aromatic heterocycles. The molecule has 1 aromatic rings. The maximum atomic E-state index is 11.9. The molecule has 0 bridgehead atoms. The minimum atomic E-state index is -0.497. The van der Waals surface area contributed by atoms with Gasteiger partial charge in [0.15, 0.2) is 11.7 Å². The standard InChI is InChI=1S/C21H32N4O4S.HI/c1-25(2)19(26)15-24-20(22-10-13-30-18-6-4-3-5-7-18)23-14-17-16-28-21(29-17)8-11-27-12-9-21;/h3-7,17H,8-16H2,1-2H3,(H2,22,23,24);1H. The lowest BCUT2D eigenvalue weighted by molar-refractivity contribution is -0.210. The highest BCUT2D eigenvalue weighted by atomic mass is 127. The van der Waals surface area contributed by atoms with Gasteiger partial charge in [-0.2, -0.15) is 0 Å². The van der Waals surface area contributed by atoms with Crippen LogP contribution in [0.1, 0.15) is 12.8 Å². The van der Waals surface area contributed by atoms with Crippen LogP contribution in [-0.4, -0.2) is 88.0 Å². The van der Waals surface area contributed by atoms with E-state index in [2.05, 4.69) is 27.8 Å². The van der Waals surface area contributed by atoms with Crippen molar-refractivity contribution in [2.75, 3.05) is 59.3 Å². The lowest BCUT2D eigenvalue weighted by Crippen LogP contribution is -2.44. The summed E-state index contributed by atoms with van der Waals surface area (Å²) in [5.41, 5.74) is 0. The van der Waals surface area contributed by atoms with E-state index in [1.165, 1.54) is 9.80 Å². The van der Waals surface area contributed by atoms with Crippen molar-refractivity contribution >= 4 is 47.6 Å². The zero-order chi connectivity index (χ0) is 21.2. The first-order valence-corrected chi connectivity index (χ1v) is 11.3. The van der Waals surface area contributed by atoms with Gasteiger partial charge in [0.25, 0.3) is 0 Å². The molecule has 0 aliphatic carbocycles. The molecule has 0 saturated carbocycles. The fourth-order valence-corrected chi connectivity index (χ4v) is 3.98. The Morgan fingerprint density at radius 2 is 1.97 bits per heavy atom. The minimum absolute atomic E-state index is 0. The quantitative estimate of drug-likeness (QED) is 0.164. The molecule has 8 nitrogen and oxygen atoms in total. The van der Waals surface area contributed by atoms with E-state index in [1.54, 1.807) is 25.9 Å². The fraction of sp³-hybridized carbons (Fsp3) is 0.619. The van der Waals surface area contributed by atoms with Crippen molar-refractivity contribution in [3.8, 4) is 0 Å². The molecule has 10 heteroatoms. The Kier molecular flexibility index (Phi) is 11.4. The van der Waals surface area contributed by atoms with Crippen LogP contribution in [0, 0.1) is 0 Å². The predicted molar refractivity (Wildman–Crippen MR) is 133 cm³/mol. The summed E-state index contributed by atoms with van der Waals surface area (Å²) in [4.78, 5) is 19.1. The molecule has 1 aromatic carbocycles. The number of carbonyl (C=O) groups excluding carboxylic acids is 1. The Bertz CT molecular complexity index is 702. The zero-order valence-corrected chi connectivity index (χ0v) is 21.3. The van der Waals surface area contributed by atoms with E-state index in [0.29, 0.717) is 32.3 Å². The Morgan fingerprint density at radius 3 is 2.68 bits per heavy atom. The van der Waals surface area contributed by atoms with Crippen LogP contribution in [0.4, 0.5) is 0 Å². The molecule has 2 aliphatic heterocycles. The number of hydrogen-bond donors (Lipinski definition) is 2. The highest BCUT2D eigenvalue weighted by Gasteiger charge is 2.42. The summed E-state index contributed by atoms with van der Waals surface area (Å²) in [7, 11) is 3.46. The number of amides is 1. The van der Waals surface area contributed by atoms with Gasteiger partial charge in [-0.05, 0) is 12.1 Å². The smallest absolute Gasteiger partial charge is 0.243 e. The van der Waals surface area contributed by atoms with Crippen molar-refractivity contribution < 1.29 is 19.0 Å². The summed E-state index contributed by atoms with van der Waals surface area (Å²) in [6.07, 6.45) is 1.46. The molecule has 2 saturated heterocycles. The summed E-state index contributed by atoms with van der Waals surface area (Å²) < 4.78 is 17.5. The van der Waals surface area contributed by atoms with E-state index in [0.717, 1.165) is 25.1 Å². The second-order valence-electron chi connectivity index (χ2n) is 7.50. The number of halogens is 1. The van der Waals surface area contributed by atoms with Crippen LogP contribution in [0.5, 0.6) is 0 Å². The first kappa shape index (κ1) is 26.2. The summed E-state index contributed by atoms with van der Waals surface area (Å²) in [5, 5.41) is 6.61. The summed E-state index contributed by atoms with van der Waals surface area (Å²) >= 11 is 1.77. The third-order valence-electron chi connectivity index (χ3n) is 4.94. The van der Waals surface area contributed by atoms with Gasteiger partial charge in [-0.25, -0.2) is 4.99 Å². The third kappa shape index (κ3) is 8.76. The Labute approximate surface area is 205 Å². The third-order valence-corrected chi connectivity index (χ3v) is 5.96. The second-order valence-corrected chi connectivity index (χ2v) is 8.66. The Hall–Kier alpha value is -1.08. The number of aliphatic imine (C=N–C) groups is 1. The molecule has 2 aliphatic rings. The van der Waals surface area contributed by atoms with E-state index < -0.39 is 5.79 Å². The van der Waals surface area contributed by atoms with Crippen molar-refractivity contribution in [2.24, 2.45) is 4.99 Å². The number of thioether (sulfide) groups is 1. The Balaban J connectivity index is 0.00000341. The average molecular weight is 564 g/mol. The van der Waals surface area contributed by atoms with Crippen molar-refractivity contribution in [3.05, 3.63) is 30.3 Å². The fourth-order valence-electron chi connectivity index (χ4n) is 3.19. The monoisotopic (exact) mass is 564 g/mol. The predicted octanol–water partition coefficient (Wildman–Crippen LogP) is 1.94. The van der Waals surface area contributed by atoms with Crippen LogP contribution in [0.3, 0.4) is 0 Å². The van der Waals surface area contributed by atoms with Crippen LogP contribution < -0.4 is 10.6 Å². The van der Waals surface area contributed by atoms with Gasteiger partial charge in [0.05, 0.1) is 19.8 Å². The van der Waals surface area contributed by atoms with Crippen molar-refractivity contribution in [1.82, 2.24) is 15.5 Å². The van der Waals surface area contributed by atoms with Crippen LogP contribution in [0.2, 0.25) is 0 Å². The van der Waals surface area contributed by atoms with E-state index >= 15 is 0 Å². The number of benzene rings is 1. The van der Waals surface area contributed by atoms with E-state index in [9.17, 15) is 4.79 Å². The molecule has 2 N–H and O–H groups in total. The SMILES string of the molecule is CN(C)C(=O)CN=C(NCCSc1ccccc1)NCC1COC2(CCOCC2)O1.I. The number of guanidine groups is 1. The summed E-state index contributed by atoms with van der Waals surface area (Å²) in [5.74, 6) is 0.952. The van der Waals surface area contributed by atoms with Gasteiger partial charge >= 0.3 is 0 Å². The van der Waals surface area contributed by atoms with Crippen molar-refractivity contribution in [3.63, 3.8) is 0 Å². The van der Waals surface area contributed by atoms with Gasteiger partial charge in [-0.15, -0.1) is 35.7 Å². The van der Waals surface area contributed by atoms with Crippen molar-refractivity contribution in [1.29, 1.82) is 0 Å². The number of rotatable bonds is 8. The van der Waals surface area contributed by atoms with Gasteiger partial charge in [-0.1, -0.05) is 18.2 Å². The van der Waals surface area contributed by atoms with Crippen molar-refractivity contribution in [2.45, 2.75) is 29.6 Å².